The fraction of sp³-hybridized carbons (Fsp3) is 0.133. The van der Waals surface area contributed by atoms with E-state index in [1.54, 1.807) is 37.3 Å². The summed E-state index contributed by atoms with van der Waals surface area (Å²) in [6.07, 6.45) is 0.0234. The van der Waals surface area contributed by atoms with E-state index in [2.05, 4.69) is 15.9 Å². The summed E-state index contributed by atoms with van der Waals surface area (Å²) < 4.78 is 14.4. The van der Waals surface area contributed by atoms with Crippen LogP contribution in [-0.4, -0.2) is 5.78 Å². The van der Waals surface area contributed by atoms with Gasteiger partial charge in [0.25, 0.3) is 0 Å². The molecule has 0 bridgehead atoms. The molecule has 0 aliphatic rings. The van der Waals surface area contributed by atoms with Gasteiger partial charge in [-0.3, -0.25) is 4.79 Å². The molecule has 0 saturated heterocycles. The van der Waals surface area contributed by atoms with Crippen molar-refractivity contribution in [1.29, 1.82) is 0 Å². The summed E-state index contributed by atoms with van der Waals surface area (Å²) in [6.45, 7) is 1.79. The van der Waals surface area contributed by atoms with Gasteiger partial charge in [0, 0.05) is 22.1 Å². The van der Waals surface area contributed by atoms with Crippen LogP contribution in [0.5, 0.6) is 0 Å². The van der Waals surface area contributed by atoms with Gasteiger partial charge < -0.3 is 5.73 Å². The zero-order valence-electron chi connectivity index (χ0n) is 10.4. The monoisotopic (exact) mass is 321 g/mol. The highest BCUT2D eigenvalue weighted by molar-refractivity contribution is 9.10. The lowest BCUT2D eigenvalue weighted by Crippen LogP contribution is -2.08. The highest BCUT2D eigenvalue weighted by Gasteiger charge is 2.14. The van der Waals surface area contributed by atoms with Gasteiger partial charge in [-0.05, 0) is 42.3 Å². The van der Waals surface area contributed by atoms with Gasteiger partial charge in [0.2, 0.25) is 0 Å². The number of carbonyl (C=O) groups excluding carboxylic acids is 1. The summed E-state index contributed by atoms with van der Waals surface area (Å²) in [4.78, 5) is 12.2. The van der Waals surface area contributed by atoms with E-state index >= 15 is 0 Å². The third-order valence-electron chi connectivity index (χ3n) is 3.03. The van der Waals surface area contributed by atoms with Crippen molar-refractivity contribution in [2.24, 2.45) is 0 Å². The van der Waals surface area contributed by atoms with Gasteiger partial charge in [-0.25, -0.2) is 4.39 Å². The normalized spacial score (nSPS) is 10.5. The second-order valence-electron chi connectivity index (χ2n) is 4.36. The van der Waals surface area contributed by atoms with Gasteiger partial charge in [0.1, 0.15) is 5.82 Å². The van der Waals surface area contributed by atoms with Crippen LogP contribution in [0.25, 0.3) is 0 Å². The molecular formula is C15H13BrFNO. The Hall–Kier alpha value is -1.68. The lowest BCUT2D eigenvalue weighted by atomic mass is 9.98. The Kier molecular flexibility index (Phi) is 4.00. The third kappa shape index (κ3) is 3.01. The Morgan fingerprint density at radius 3 is 2.79 bits per heavy atom. The molecule has 0 heterocycles. The van der Waals surface area contributed by atoms with Crippen LogP contribution in [0.15, 0.2) is 40.9 Å². The van der Waals surface area contributed by atoms with E-state index in [-0.39, 0.29) is 18.0 Å². The molecular weight excluding hydrogens is 309 g/mol. The average molecular weight is 322 g/mol. The highest BCUT2D eigenvalue weighted by Crippen LogP contribution is 2.20. The second kappa shape index (κ2) is 5.53. The van der Waals surface area contributed by atoms with Gasteiger partial charge in [-0.2, -0.15) is 0 Å². The number of Topliss-reactive ketones (excluding diaryl/α,β-unsaturated/α-hetero) is 1. The second-order valence-corrected chi connectivity index (χ2v) is 5.27. The Morgan fingerprint density at radius 1 is 1.32 bits per heavy atom. The molecule has 0 aliphatic carbocycles. The minimum absolute atomic E-state index is 0.0234. The zero-order valence-corrected chi connectivity index (χ0v) is 12.0. The number of ketones is 1. The predicted octanol–water partition coefficient (Wildman–Crippen LogP) is 3.90. The molecule has 0 atom stereocenters. The van der Waals surface area contributed by atoms with Crippen LogP contribution >= 0.6 is 15.9 Å². The summed E-state index contributed by atoms with van der Waals surface area (Å²) in [5.74, 6) is -0.514. The van der Waals surface area contributed by atoms with E-state index in [0.29, 0.717) is 16.8 Å². The van der Waals surface area contributed by atoms with E-state index < -0.39 is 0 Å². The molecule has 2 aromatic carbocycles. The Morgan fingerprint density at radius 2 is 2.05 bits per heavy atom. The Labute approximate surface area is 119 Å². The number of hydrogen-bond acceptors (Lipinski definition) is 2. The van der Waals surface area contributed by atoms with Gasteiger partial charge in [0.15, 0.2) is 5.78 Å². The Balaban J connectivity index is 2.31. The fourth-order valence-electron chi connectivity index (χ4n) is 1.90. The highest BCUT2D eigenvalue weighted by atomic mass is 79.9. The molecule has 2 rings (SSSR count). The quantitative estimate of drug-likeness (QED) is 0.688. The van der Waals surface area contributed by atoms with E-state index in [1.165, 1.54) is 6.07 Å². The first-order valence-corrected chi connectivity index (χ1v) is 6.60. The third-order valence-corrected chi connectivity index (χ3v) is 3.53. The maximum atomic E-state index is 13.6. The molecule has 0 aliphatic heterocycles. The molecule has 0 aromatic heterocycles. The van der Waals surface area contributed by atoms with Crippen LogP contribution < -0.4 is 5.73 Å². The van der Waals surface area contributed by atoms with Crippen LogP contribution in [0, 0.1) is 12.7 Å². The number of halogens is 2. The van der Waals surface area contributed by atoms with Crippen molar-refractivity contribution in [2.75, 3.05) is 5.73 Å². The minimum Gasteiger partial charge on any atom is -0.398 e. The van der Waals surface area contributed by atoms with Crippen LogP contribution in [0.1, 0.15) is 21.5 Å². The number of benzene rings is 2. The lowest BCUT2D eigenvalue weighted by Gasteiger charge is -2.08. The van der Waals surface area contributed by atoms with E-state index in [9.17, 15) is 9.18 Å². The van der Waals surface area contributed by atoms with Gasteiger partial charge >= 0.3 is 0 Å². The standard InChI is InChI=1S/C15H13BrFNO/c1-9-12(3-2-4-14(9)18)15(19)8-10-7-11(16)5-6-13(10)17/h2-7H,8,18H2,1H3. The molecule has 4 heteroatoms. The molecule has 0 unspecified atom stereocenters. The molecule has 0 spiro atoms. The van der Waals surface area contributed by atoms with Crippen molar-refractivity contribution in [2.45, 2.75) is 13.3 Å². The molecule has 98 valence electrons. The molecule has 2 nitrogen and oxygen atoms in total. The van der Waals surface area contributed by atoms with Crippen molar-refractivity contribution in [3.63, 3.8) is 0 Å². The van der Waals surface area contributed by atoms with Crippen LogP contribution in [-0.2, 0) is 6.42 Å². The number of anilines is 1. The average Bonchev–Trinajstić information content (AvgIpc) is 2.37. The van der Waals surface area contributed by atoms with Gasteiger partial charge in [-0.1, -0.05) is 28.1 Å². The molecule has 0 amide bonds. The zero-order chi connectivity index (χ0) is 14.0. The summed E-state index contributed by atoms with van der Waals surface area (Å²) in [7, 11) is 0. The van der Waals surface area contributed by atoms with Crippen molar-refractivity contribution in [3.8, 4) is 0 Å². The van der Waals surface area contributed by atoms with Crippen LogP contribution in [0.2, 0.25) is 0 Å². The van der Waals surface area contributed by atoms with Crippen molar-refractivity contribution >= 4 is 27.4 Å². The number of rotatable bonds is 3. The first-order chi connectivity index (χ1) is 8.99. The van der Waals surface area contributed by atoms with E-state index in [4.69, 9.17) is 5.73 Å². The first kappa shape index (κ1) is 13.7. The minimum atomic E-state index is -0.377. The predicted molar refractivity (Wildman–Crippen MR) is 77.7 cm³/mol. The summed E-state index contributed by atoms with van der Waals surface area (Å²) in [5, 5.41) is 0. The lowest BCUT2D eigenvalue weighted by molar-refractivity contribution is 0.0991. The van der Waals surface area contributed by atoms with Crippen molar-refractivity contribution in [1.82, 2.24) is 0 Å². The van der Waals surface area contributed by atoms with E-state index in [0.717, 1.165) is 10.0 Å². The summed E-state index contributed by atoms with van der Waals surface area (Å²) in [5.41, 5.74) is 8.00. The molecule has 2 N–H and O–H groups in total. The smallest absolute Gasteiger partial charge is 0.167 e. The van der Waals surface area contributed by atoms with Gasteiger partial charge in [0.05, 0.1) is 0 Å². The molecule has 19 heavy (non-hydrogen) atoms. The molecule has 2 aromatic rings. The largest absolute Gasteiger partial charge is 0.398 e. The van der Waals surface area contributed by atoms with E-state index in [1.807, 2.05) is 0 Å². The van der Waals surface area contributed by atoms with Crippen LogP contribution in [0.4, 0.5) is 10.1 Å². The molecule has 0 saturated carbocycles. The fourth-order valence-corrected chi connectivity index (χ4v) is 2.31. The summed E-state index contributed by atoms with van der Waals surface area (Å²) in [6, 6.07) is 9.76. The number of carbonyl (C=O) groups is 1. The maximum Gasteiger partial charge on any atom is 0.167 e. The molecule has 0 radical (unpaired) electrons. The Bertz CT molecular complexity index is 640. The van der Waals surface area contributed by atoms with Crippen molar-refractivity contribution < 1.29 is 9.18 Å². The number of hydrogen-bond donors (Lipinski definition) is 1. The molecule has 0 fully saturated rings. The number of nitrogens with two attached hydrogens (primary N) is 1. The van der Waals surface area contributed by atoms with Crippen LogP contribution in [0.3, 0.4) is 0 Å². The SMILES string of the molecule is Cc1c(N)cccc1C(=O)Cc1cc(Br)ccc1F. The van der Waals surface area contributed by atoms with Gasteiger partial charge in [-0.15, -0.1) is 0 Å². The number of nitrogen functional groups attached to an aromatic ring is 1. The maximum absolute atomic E-state index is 13.6. The summed E-state index contributed by atoms with van der Waals surface area (Å²) >= 11 is 3.27. The van der Waals surface area contributed by atoms with Crippen molar-refractivity contribution in [3.05, 3.63) is 63.4 Å². The topological polar surface area (TPSA) is 43.1 Å². The first-order valence-electron chi connectivity index (χ1n) is 5.81.